The van der Waals surface area contributed by atoms with Crippen molar-refractivity contribution in [1.29, 1.82) is 0 Å². The number of carbonyl (C=O) groups is 1. The molecule has 0 spiro atoms. The molecule has 0 aromatic heterocycles. The van der Waals surface area contributed by atoms with E-state index in [2.05, 4.69) is 13.8 Å². The number of likely N-dealkylation sites (N-methyl/N-ethyl adjacent to an activating group) is 2. The first-order valence-corrected chi connectivity index (χ1v) is 5.45. The highest BCUT2D eigenvalue weighted by molar-refractivity contribution is 5.77. The smallest absolute Gasteiger partial charge is 0.236 e. The van der Waals surface area contributed by atoms with Crippen LogP contribution in [0, 0.1) is 5.41 Å². The van der Waals surface area contributed by atoms with Crippen LogP contribution in [-0.4, -0.2) is 56.0 Å². The summed E-state index contributed by atoms with van der Waals surface area (Å²) < 4.78 is 0. The number of nitrogens with zero attached hydrogens (tertiary/aromatic N) is 2. The lowest BCUT2D eigenvalue weighted by Gasteiger charge is -2.29. The van der Waals surface area contributed by atoms with Crippen LogP contribution in [0.2, 0.25) is 0 Å². The van der Waals surface area contributed by atoms with Crippen molar-refractivity contribution in [2.45, 2.75) is 20.8 Å². The summed E-state index contributed by atoms with van der Waals surface area (Å²) in [5.74, 6) is 0.160. The highest BCUT2D eigenvalue weighted by Crippen LogP contribution is 2.13. The maximum absolute atomic E-state index is 11.6. The molecule has 0 bridgehead atoms. The zero-order valence-corrected chi connectivity index (χ0v) is 10.7. The van der Waals surface area contributed by atoms with Crippen LogP contribution in [0.5, 0.6) is 0 Å². The van der Waals surface area contributed by atoms with Gasteiger partial charge in [0.15, 0.2) is 0 Å². The van der Waals surface area contributed by atoms with Gasteiger partial charge >= 0.3 is 0 Å². The van der Waals surface area contributed by atoms with E-state index < -0.39 is 0 Å². The molecular weight excluding hydrogens is 190 g/mol. The van der Waals surface area contributed by atoms with Crippen LogP contribution in [0.15, 0.2) is 0 Å². The van der Waals surface area contributed by atoms with Crippen LogP contribution in [0.1, 0.15) is 20.8 Å². The van der Waals surface area contributed by atoms with E-state index in [1.807, 2.05) is 25.9 Å². The lowest BCUT2D eigenvalue weighted by Crippen LogP contribution is -2.42. The standard InChI is InChI=1S/C11H25N3O/c1-6-14(5)10(15)7-13(4)9-11(2,3)8-12/h6-9,12H2,1-5H3. The highest BCUT2D eigenvalue weighted by Gasteiger charge is 2.20. The summed E-state index contributed by atoms with van der Waals surface area (Å²) in [6.07, 6.45) is 0. The predicted octanol–water partition coefficient (Wildman–Crippen LogP) is 0.381. The normalized spacial score (nSPS) is 11.9. The Morgan fingerprint density at radius 3 is 2.27 bits per heavy atom. The molecule has 0 fully saturated rings. The van der Waals surface area contributed by atoms with E-state index in [1.54, 1.807) is 4.90 Å². The first-order valence-electron chi connectivity index (χ1n) is 5.45. The maximum Gasteiger partial charge on any atom is 0.236 e. The minimum Gasteiger partial charge on any atom is -0.345 e. The Bertz CT molecular complexity index is 204. The molecule has 4 heteroatoms. The molecule has 0 aromatic rings. The molecule has 1 amide bonds. The van der Waals surface area contributed by atoms with E-state index in [1.165, 1.54) is 0 Å². The van der Waals surface area contributed by atoms with E-state index in [0.29, 0.717) is 13.1 Å². The van der Waals surface area contributed by atoms with Gasteiger partial charge in [0, 0.05) is 20.1 Å². The predicted molar refractivity (Wildman–Crippen MR) is 63.6 cm³/mol. The minimum atomic E-state index is 0.0693. The van der Waals surface area contributed by atoms with Gasteiger partial charge in [0.05, 0.1) is 6.54 Å². The van der Waals surface area contributed by atoms with Gasteiger partial charge < -0.3 is 10.6 Å². The van der Waals surface area contributed by atoms with E-state index >= 15 is 0 Å². The summed E-state index contributed by atoms with van der Waals surface area (Å²) in [6, 6.07) is 0. The second-order valence-electron chi connectivity index (χ2n) is 4.95. The van der Waals surface area contributed by atoms with Gasteiger partial charge in [-0.25, -0.2) is 0 Å². The van der Waals surface area contributed by atoms with Crippen LogP contribution in [0.25, 0.3) is 0 Å². The average Bonchev–Trinajstić information content (AvgIpc) is 2.15. The molecule has 2 N–H and O–H groups in total. The fourth-order valence-electron chi connectivity index (χ4n) is 1.38. The Balaban J connectivity index is 4.04. The first-order chi connectivity index (χ1) is 6.82. The second kappa shape index (κ2) is 6.08. The summed E-state index contributed by atoms with van der Waals surface area (Å²) >= 11 is 0. The Morgan fingerprint density at radius 2 is 1.87 bits per heavy atom. The Morgan fingerprint density at radius 1 is 1.33 bits per heavy atom. The van der Waals surface area contributed by atoms with Crippen LogP contribution in [0.3, 0.4) is 0 Å². The molecule has 0 saturated carbocycles. The molecule has 0 radical (unpaired) electrons. The lowest BCUT2D eigenvalue weighted by molar-refractivity contribution is -0.130. The Kier molecular flexibility index (Phi) is 5.83. The molecule has 0 saturated heterocycles. The first kappa shape index (κ1) is 14.4. The van der Waals surface area contributed by atoms with Gasteiger partial charge in [-0.15, -0.1) is 0 Å². The van der Waals surface area contributed by atoms with Crippen molar-refractivity contribution >= 4 is 5.91 Å². The fraction of sp³-hybridized carbons (Fsp3) is 0.909. The number of hydrogen-bond donors (Lipinski definition) is 1. The van der Waals surface area contributed by atoms with Crippen LogP contribution in [0.4, 0.5) is 0 Å². The quantitative estimate of drug-likeness (QED) is 0.697. The van der Waals surface area contributed by atoms with Gasteiger partial charge in [-0.1, -0.05) is 13.8 Å². The molecule has 4 nitrogen and oxygen atoms in total. The minimum absolute atomic E-state index is 0.0693. The van der Waals surface area contributed by atoms with Crippen LogP contribution in [-0.2, 0) is 4.79 Å². The number of rotatable bonds is 6. The third-order valence-electron chi connectivity index (χ3n) is 2.56. The van der Waals surface area contributed by atoms with Gasteiger partial charge in [0.2, 0.25) is 5.91 Å². The van der Waals surface area contributed by atoms with Gasteiger partial charge in [-0.2, -0.15) is 0 Å². The van der Waals surface area contributed by atoms with E-state index in [9.17, 15) is 4.79 Å². The highest BCUT2D eigenvalue weighted by atomic mass is 16.2. The largest absolute Gasteiger partial charge is 0.345 e. The summed E-state index contributed by atoms with van der Waals surface area (Å²) in [5.41, 5.74) is 5.72. The van der Waals surface area contributed by atoms with Crippen molar-refractivity contribution in [3.8, 4) is 0 Å². The Labute approximate surface area is 93.4 Å². The van der Waals surface area contributed by atoms with Gasteiger partial charge in [-0.05, 0) is 25.9 Å². The van der Waals surface area contributed by atoms with Crippen molar-refractivity contribution in [3.63, 3.8) is 0 Å². The van der Waals surface area contributed by atoms with E-state index in [0.717, 1.165) is 13.1 Å². The summed E-state index contributed by atoms with van der Waals surface area (Å²) in [6.45, 7) is 8.89. The van der Waals surface area contributed by atoms with Crippen molar-refractivity contribution in [3.05, 3.63) is 0 Å². The molecule has 0 aliphatic rings. The average molecular weight is 215 g/mol. The van der Waals surface area contributed by atoms with Crippen LogP contribution >= 0.6 is 0 Å². The molecule has 0 heterocycles. The molecule has 0 aliphatic carbocycles. The summed E-state index contributed by atoms with van der Waals surface area (Å²) in [4.78, 5) is 15.4. The second-order valence-corrected chi connectivity index (χ2v) is 4.95. The monoisotopic (exact) mass is 215 g/mol. The molecule has 0 atom stereocenters. The van der Waals surface area contributed by atoms with Crippen molar-refractivity contribution in [1.82, 2.24) is 9.80 Å². The van der Waals surface area contributed by atoms with Gasteiger partial charge in [0.1, 0.15) is 0 Å². The fourth-order valence-corrected chi connectivity index (χ4v) is 1.38. The SMILES string of the molecule is CCN(C)C(=O)CN(C)CC(C)(C)CN. The number of carbonyl (C=O) groups excluding carboxylic acids is 1. The lowest BCUT2D eigenvalue weighted by atomic mass is 9.93. The van der Waals surface area contributed by atoms with E-state index in [-0.39, 0.29) is 11.3 Å². The topological polar surface area (TPSA) is 49.6 Å². The van der Waals surface area contributed by atoms with Gasteiger partial charge in [0.25, 0.3) is 0 Å². The molecule has 90 valence electrons. The Hall–Kier alpha value is -0.610. The molecule has 15 heavy (non-hydrogen) atoms. The molecular formula is C11H25N3O. The van der Waals surface area contributed by atoms with Crippen molar-refractivity contribution in [2.75, 3.05) is 40.3 Å². The number of nitrogens with two attached hydrogens (primary N) is 1. The van der Waals surface area contributed by atoms with E-state index in [4.69, 9.17) is 5.73 Å². The van der Waals surface area contributed by atoms with Crippen molar-refractivity contribution < 1.29 is 4.79 Å². The number of hydrogen-bond acceptors (Lipinski definition) is 3. The molecule has 0 rings (SSSR count). The summed E-state index contributed by atoms with van der Waals surface area (Å²) in [7, 11) is 3.78. The molecule has 0 unspecified atom stereocenters. The molecule has 0 aliphatic heterocycles. The summed E-state index contributed by atoms with van der Waals surface area (Å²) in [5, 5.41) is 0. The third kappa shape index (κ3) is 5.74. The van der Waals surface area contributed by atoms with Crippen LogP contribution < -0.4 is 5.73 Å². The van der Waals surface area contributed by atoms with Gasteiger partial charge in [-0.3, -0.25) is 9.69 Å². The van der Waals surface area contributed by atoms with Crippen molar-refractivity contribution in [2.24, 2.45) is 11.1 Å². The molecule has 0 aromatic carbocycles. The zero-order valence-electron chi connectivity index (χ0n) is 10.7. The third-order valence-corrected chi connectivity index (χ3v) is 2.56. The zero-order chi connectivity index (χ0) is 12.1. The number of amides is 1. The maximum atomic E-state index is 11.6.